The van der Waals surface area contributed by atoms with Crippen molar-refractivity contribution in [2.75, 3.05) is 6.61 Å². The number of carbonyl (C=O) groups excluding carboxylic acids is 1. The van der Waals surface area contributed by atoms with Gasteiger partial charge in [-0.1, -0.05) is 13.0 Å². The molecule has 0 saturated carbocycles. The second-order valence-corrected chi connectivity index (χ2v) is 4.85. The molecule has 0 bridgehead atoms. The summed E-state index contributed by atoms with van der Waals surface area (Å²) in [5, 5.41) is 17.8. The van der Waals surface area contributed by atoms with Gasteiger partial charge in [0.25, 0.3) is 5.91 Å². The molecule has 5 nitrogen and oxygen atoms in total. The highest BCUT2D eigenvalue weighted by molar-refractivity contribution is 6.00. The van der Waals surface area contributed by atoms with Gasteiger partial charge in [-0.05, 0) is 25.0 Å². The van der Waals surface area contributed by atoms with Crippen LogP contribution in [0.25, 0.3) is 11.3 Å². The lowest BCUT2D eigenvalue weighted by atomic mass is 10.1. The average Bonchev–Trinajstić information content (AvgIpc) is 2.95. The summed E-state index contributed by atoms with van der Waals surface area (Å²) >= 11 is 0. The number of nitrogens with zero attached hydrogens (tertiary/aromatic N) is 1. The Labute approximate surface area is 126 Å². The van der Waals surface area contributed by atoms with Crippen LogP contribution in [0.2, 0.25) is 0 Å². The van der Waals surface area contributed by atoms with E-state index >= 15 is 0 Å². The van der Waals surface area contributed by atoms with E-state index in [2.05, 4.69) is 15.5 Å². The van der Waals surface area contributed by atoms with E-state index < -0.39 is 17.5 Å². The number of aliphatic hydroxyl groups is 1. The number of amides is 1. The molecule has 0 spiro atoms. The van der Waals surface area contributed by atoms with Gasteiger partial charge in [0, 0.05) is 12.6 Å². The van der Waals surface area contributed by atoms with Crippen molar-refractivity contribution in [1.82, 2.24) is 15.5 Å². The van der Waals surface area contributed by atoms with E-state index in [0.29, 0.717) is 12.8 Å². The number of aromatic amines is 1. The fourth-order valence-electron chi connectivity index (χ4n) is 2.18. The quantitative estimate of drug-likeness (QED) is 0.766. The maximum absolute atomic E-state index is 13.9. The Morgan fingerprint density at radius 3 is 2.68 bits per heavy atom. The second-order valence-electron chi connectivity index (χ2n) is 4.85. The van der Waals surface area contributed by atoms with Gasteiger partial charge in [-0.25, -0.2) is 8.78 Å². The van der Waals surface area contributed by atoms with Crippen LogP contribution in [0.3, 0.4) is 0 Å². The molecule has 0 fully saturated rings. The van der Waals surface area contributed by atoms with Crippen molar-refractivity contribution in [2.24, 2.45) is 0 Å². The summed E-state index contributed by atoms with van der Waals surface area (Å²) in [7, 11) is 0. The molecule has 7 heteroatoms. The van der Waals surface area contributed by atoms with Crippen LogP contribution in [-0.2, 0) is 0 Å². The molecule has 22 heavy (non-hydrogen) atoms. The van der Waals surface area contributed by atoms with Crippen molar-refractivity contribution in [2.45, 2.75) is 25.8 Å². The summed E-state index contributed by atoms with van der Waals surface area (Å²) in [6.07, 6.45) is 2.26. The Kier molecular flexibility index (Phi) is 5.21. The van der Waals surface area contributed by atoms with Crippen LogP contribution < -0.4 is 5.32 Å². The molecule has 2 rings (SSSR count). The predicted molar refractivity (Wildman–Crippen MR) is 77.2 cm³/mol. The van der Waals surface area contributed by atoms with Crippen molar-refractivity contribution in [3.63, 3.8) is 0 Å². The molecule has 1 aromatic carbocycles. The molecule has 0 aliphatic heterocycles. The third-order valence-electron chi connectivity index (χ3n) is 3.40. The molecule has 1 aromatic heterocycles. The molecule has 0 radical (unpaired) electrons. The van der Waals surface area contributed by atoms with Crippen molar-refractivity contribution in [3.05, 3.63) is 41.6 Å². The Hall–Kier alpha value is -2.28. The van der Waals surface area contributed by atoms with Crippen LogP contribution in [0.1, 0.15) is 30.1 Å². The van der Waals surface area contributed by atoms with Crippen LogP contribution >= 0.6 is 0 Å². The van der Waals surface area contributed by atoms with Gasteiger partial charge < -0.3 is 10.4 Å². The van der Waals surface area contributed by atoms with E-state index in [1.54, 1.807) is 0 Å². The molecule has 1 unspecified atom stereocenters. The molecular weight excluding hydrogens is 292 g/mol. The Balaban J connectivity index is 2.32. The van der Waals surface area contributed by atoms with Crippen LogP contribution in [0, 0.1) is 11.6 Å². The highest BCUT2D eigenvalue weighted by Gasteiger charge is 2.22. The van der Waals surface area contributed by atoms with E-state index in [9.17, 15) is 13.6 Å². The lowest BCUT2D eigenvalue weighted by molar-refractivity contribution is 0.0930. The summed E-state index contributed by atoms with van der Waals surface area (Å²) in [6.45, 7) is 1.81. The summed E-state index contributed by atoms with van der Waals surface area (Å²) < 4.78 is 27.7. The highest BCUT2D eigenvalue weighted by atomic mass is 19.1. The molecular formula is C15H17F2N3O2. The first-order valence-corrected chi connectivity index (χ1v) is 6.98. The monoisotopic (exact) mass is 309 g/mol. The largest absolute Gasteiger partial charge is 0.396 e. The molecule has 118 valence electrons. The lowest BCUT2D eigenvalue weighted by Gasteiger charge is -2.15. The van der Waals surface area contributed by atoms with Gasteiger partial charge in [0.2, 0.25) is 0 Å². The molecule has 3 N–H and O–H groups in total. The normalized spacial score (nSPS) is 12.2. The first-order valence-electron chi connectivity index (χ1n) is 6.98. The molecule has 1 amide bonds. The van der Waals surface area contributed by atoms with E-state index in [4.69, 9.17) is 5.11 Å². The van der Waals surface area contributed by atoms with E-state index in [-0.39, 0.29) is 29.5 Å². The zero-order valence-electron chi connectivity index (χ0n) is 12.1. The Bertz CT molecular complexity index is 638. The van der Waals surface area contributed by atoms with Crippen LogP contribution in [-0.4, -0.2) is 33.9 Å². The molecule has 1 atom stereocenters. The number of halogens is 2. The number of aromatic nitrogens is 2. The smallest absolute Gasteiger partial charge is 0.255 e. The number of hydrogen-bond acceptors (Lipinski definition) is 3. The standard InChI is InChI=1S/C15H17F2N3O2/c1-2-9(6-7-21)19-15(22)10-8-18-20-14(10)13-11(16)4-3-5-12(13)17/h3-5,8-9,21H,2,6-7H2,1H3,(H,18,20)(H,19,22). The fourth-order valence-corrected chi connectivity index (χ4v) is 2.18. The number of nitrogens with one attached hydrogen (secondary N) is 2. The van der Waals surface area contributed by atoms with Crippen molar-refractivity contribution < 1.29 is 18.7 Å². The van der Waals surface area contributed by atoms with Crippen LogP contribution in [0.15, 0.2) is 24.4 Å². The zero-order chi connectivity index (χ0) is 16.1. The number of H-pyrrole nitrogens is 1. The molecule has 2 aromatic rings. The molecule has 1 heterocycles. The first-order chi connectivity index (χ1) is 10.6. The minimum atomic E-state index is -0.777. The average molecular weight is 309 g/mol. The highest BCUT2D eigenvalue weighted by Crippen LogP contribution is 2.27. The second kappa shape index (κ2) is 7.13. The summed E-state index contributed by atoms with van der Waals surface area (Å²) in [4.78, 5) is 12.3. The van der Waals surface area contributed by atoms with Gasteiger partial charge in [0.15, 0.2) is 0 Å². The van der Waals surface area contributed by atoms with Gasteiger partial charge >= 0.3 is 0 Å². The third-order valence-corrected chi connectivity index (χ3v) is 3.40. The maximum atomic E-state index is 13.9. The topological polar surface area (TPSA) is 78.0 Å². The van der Waals surface area contributed by atoms with Gasteiger partial charge in [-0.15, -0.1) is 0 Å². The minimum absolute atomic E-state index is 0.00745. The Morgan fingerprint density at radius 2 is 2.09 bits per heavy atom. The van der Waals surface area contributed by atoms with Gasteiger partial charge in [0.1, 0.15) is 11.6 Å². The molecule has 0 aliphatic rings. The Morgan fingerprint density at radius 1 is 1.41 bits per heavy atom. The minimum Gasteiger partial charge on any atom is -0.396 e. The van der Waals surface area contributed by atoms with Gasteiger partial charge in [0.05, 0.1) is 23.0 Å². The first kappa shape index (κ1) is 16.1. The molecule has 0 aliphatic carbocycles. The maximum Gasteiger partial charge on any atom is 0.255 e. The van der Waals surface area contributed by atoms with Crippen molar-refractivity contribution in [3.8, 4) is 11.3 Å². The van der Waals surface area contributed by atoms with Gasteiger partial charge in [-0.3, -0.25) is 9.89 Å². The van der Waals surface area contributed by atoms with Crippen molar-refractivity contribution in [1.29, 1.82) is 0 Å². The number of aliphatic hydroxyl groups excluding tert-OH is 1. The number of rotatable bonds is 6. The van der Waals surface area contributed by atoms with Gasteiger partial charge in [-0.2, -0.15) is 5.10 Å². The van der Waals surface area contributed by atoms with E-state index in [1.165, 1.54) is 12.3 Å². The zero-order valence-corrected chi connectivity index (χ0v) is 12.1. The fraction of sp³-hybridized carbons (Fsp3) is 0.333. The molecule has 0 saturated heterocycles. The number of hydrogen-bond donors (Lipinski definition) is 3. The number of carbonyl (C=O) groups is 1. The van der Waals surface area contributed by atoms with Crippen LogP contribution in [0.4, 0.5) is 8.78 Å². The van der Waals surface area contributed by atoms with Crippen LogP contribution in [0.5, 0.6) is 0 Å². The summed E-state index contributed by atoms with van der Waals surface area (Å²) in [5.74, 6) is -2.05. The van der Waals surface area contributed by atoms with E-state index in [1.807, 2.05) is 6.92 Å². The van der Waals surface area contributed by atoms with E-state index in [0.717, 1.165) is 12.1 Å². The summed E-state index contributed by atoms with van der Waals surface area (Å²) in [5.41, 5.74) is -0.271. The lowest BCUT2D eigenvalue weighted by Crippen LogP contribution is -2.35. The SMILES string of the molecule is CCC(CCO)NC(=O)c1cn[nH]c1-c1c(F)cccc1F. The predicted octanol–water partition coefficient (Wildman–Crippen LogP) is 2.25. The van der Waals surface area contributed by atoms with Crippen molar-refractivity contribution >= 4 is 5.91 Å². The third kappa shape index (κ3) is 3.30. The summed E-state index contributed by atoms with van der Waals surface area (Å²) in [6, 6.07) is 3.26. The number of benzene rings is 1.